The zero-order valence-corrected chi connectivity index (χ0v) is 12.9. The van der Waals surface area contributed by atoms with Gasteiger partial charge in [0.05, 0.1) is 0 Å². The van der Waals surface area contributed by atoms with Gasteiger partial charge in [-0.05, 0) is 32.9 Å². The van der Waals surface area contributed by atoms with Crippen LogP contribution in [0.4, 0.5) is 0 Å². The van der Waals surface area contributed by atoms with E-state index in [4.69, 9.17) is 0 Å². The number of carbonyl (C=O) groups excluding carboxylic acids is 1. The predicted octanol–water partition coefficient (Wildman–Crippen LogP) is 1.10. The number of nitrogens with one attached hydrogen (secondary N) is 1. The van der Waals surface area contributed by atoms with Crippen molar-refractivity contribution in [1.29, 1.82) is 0 Å². The molecule has 0 radical (unpaired) electrons. The van der Waals surface area contributed by atoms with Gasteiger partial charge in [-0.3, -0.25) is 4.79 Å². The zero-order valence-electron chi connectivity index (χ0n) is 11.3. The lowest BCUT2D eigenvalue weighted by atomic mass is 10.2. The van der Waals surface area contributed by atoms with Crippen LogP contribution < -0.4 is 5.32 Å². The van der Waals surface area contributed by atoms with Crippen LogP contribution in [0.15, 0.2) is 12.1 Å². The van der Waals surface area contributed by atoms with Crippen LogP contribution >= 0.6 is 11.3 Å². The lowest BCUT2D eigenvalue weighted by Crippen LogP contribution is -2.67. The molecule has 0 aliphatic carbocycles. The summed E-state index contributed by atoms with van der Waals surface area (Å²) in [4.78, 5) is 14.1. The van der Waals surface area contributed by atoms with Gasteiger partial charge in [-0.1, -0.05) is 0 Å². The second-order valence-corrected chi connectivity index (χ2v) is 8.87. The fourth-order valence-electron chi connectivity index (χ4n) is 1.95. The summed E-state index contributed by atoms with van der Waals surface area (Å²) < 4.78 is 23.4. The Morgan fingerprint density at radius 3 is 2.58 bits per heavy atom. The molecule has 2 heterocycles. The van der Waals surface area contributed by atoms with Crippen LogP contribution in [0.1, 0.15) is 23.6 Å². The van der Waals surface area contributed by atoms with Gasteiger partial charge in [0.25, 0.3) is 15.9 Å². The fourth-order valence-corrected chi connectivity index (χ4v) is 4.34. The maximum absolute atomic E-state index is 11.8. The molecule has 1 aliphatic rings. The molecule has 7 heteroatoms. The molecule has 1 N–H and O–H groups in total. The molecule has 0 atom stereocenters. The highest BCUT2D eigenvalue weighted by molar-refractivity contribution is 7.94. The summed E-state index contributed by atoms with van der Waals surface area (Å²) in [6.07, 6.45) is 0. The lowest BCUT2D eigenvalue weighted by molar-refractivity contribution is -0.132. The predicted molar refractivity (Wildman–Crippen MR) is 75.5 cm³/mol. The summed E-state index contributed by atoms with van der Waals surface area (Å²) in [5.74, 6) is -0.318. The van der Waals surface area contributed by atoms with Gasteiger partial charge in [-0.15, -0.1) is 11.3 Å². The number of nitrogens with zero attached hydrogens (tertiary/aromatic N) is 1. The van der Waals surface area contributed by atoms with Crippen molar-refractivity contribution in [2.45, 2.75) is 32.1 Å². The first kappa shape index (κ1) is 14.5. The fraction of sp³-hybridized carbons (Fsp3) is 0.583. The number of amides is 1. The average Bonchev–Trinajstić information content (AvgIpc) is 2.73. The van der Waals surface area contributed by atoms with Crippen molar-refractivity contribution in [1.82, 2.24) is 9.62 Å². The SMILES string of the molecule is Cc1ccc(CNCCN2C(=O)C(C)(C)S2(=O)=O)s1. The summed E-state index contributed by atoms with van der Waals surface area (Å²) in [5.41, 5.74) is 0. The van der Waals surface area contributed by atoms with E-state index >= 15 is 0 Å². The van der Waals surface area contributed by atoms with Crippen LogP contribution in [0.25, 0.3) is 0 Å². The smallest absolute Gasteiger partial charge is 0.258 e. The van der Waals surface area contributed by atoms with Gasteiger partial charge < -0.3 is 5.32 Å². The minimum atomic E-state index is -3.44. The normalized spacial score (nSPS) is 20.4. The number of rotatable bonds is 5. The van der Waals surface area contributed by atoms with Gasteiger partial charge in [0.2, 0.25) is 0 Å². The van der Waals surface area contributed by atoms with Crippen LogP contribution in [-0.4, -0.2) is 36.5 Å². The Kier molecular flexibility index (Phi) is 3.72. The first-order chi connectivity index (χ1) is 8.76. The molecular weight excluding hydrogens is 284 g/mol. The van der Waals surface area contributed by atoms with Crippen LogP contribution in [0.2, 0.25) is 0 Å². The molecule has 2 rings (SSSR count). The monoisotopic (exact) mass is 302 g/mol. The van der Waals surface area contributed by atoms with Crippen LogP contribution in [0, 0.1) is 6.92 Å². The number of sulfonamides is 1. The van der Waals surface area contributed by atoms with E-state index in [1.807, 2.05) is 19.1 Å². The lowest BCUT2D eigenvalue weighted by Gasteiger charge is -2.43. The quantitative estimate of drug-likeness (QED) is 0.827. The molecule has 1 fully saturated rings. The second-order valence-electron chi connectivity index (χ2n) is 5.08. The Hall–Kier alpha value is -0.920. The minimum absolute atomic E-state index is 0.203. The summed E-state index contributed by atoms with van der Waals surface area (Å²) in [5, 5.41) is 3.15. The van der Waals surface area contributed by atoms with E-state index in [2.05, 4.69) is 5.32 Å². The van der Waals surface area contributed by atoms with E-state index in [0.29, 0.717) is 13.1 Å². The van der Waals surface area contributed by atoms with Crippen LogP contribution in [-0.2, 0) is 21.4 Å². The molecule has 1 aliphatic heterocycles. The van der Waals surface area contributed by atoms with Crippen molar-refractivity contribution in [3.05, 3.63) is 21.9 Å². The summed E-state index contributed by atoms with van der Waals surface area (Å²) in [6.45, 7) is 6.31. The van der Waals surface area contributed by atoms with Crippen molar-refractivity contribution >= 4 is 27.3 Å². The van der Waals surface area contributed by atoms with E-state index in [1.54, 1.807) is 11.3 Å². The molecular formula is C12H18N2O3S2. The third-order valence-electron chi connectivity index (χ3n) is 3.26. The van der Waals surface area contributed by atoms with Crippen LogP contribution in [0.3, 0.4) is 0 Å². The highest BCUT2D eigenvalue weighted by Crippen LogP contribution is 2.34. The third kappa shape index (κ3) is 2.42. The van der Waals surface area contributed by atoms with Gasteiger partial charge in [0.1, 0.15) is 0 Å². The number of hydrogen-bond donors (Lipinski definition) is 1. The van der Waals surface area contributed by atoms with Crippen molar-refractivity contribution in [2.24, 2.45) is 0 Å². The zero-order chi connectivity index (χ0) is 14.3. The molecule has 19 heavy (non-hydrogen) atoms. The average molecular weight is 302 g/mol. The first-order valence-electron chi connectivity index (χ1n) is 6.09. The molecule has 0 unspecified atom stereocenters. The van der Waals surface area contributed by atoms with Crippen LogP contribution in [0.5, 0.6) is 0 Å². The second kappa shape index (κ2) is 4.88. The highest BCUT2D eigenvalue weighted by atomic mass is 32.2. The Balaban J connectivity index is 1.80. The molecule has 0 spiro atoms. The Morgan fingerprint density at radius 2 is 2.05 bits per heavy atom. The molecule has 106 valence electrons. The Labute approximate surface area is 117 Å². The molecule has 0 saturated carbocycles. The standard InChI is InChI=1S/C12H18N2O3S2/c1-9-4-5-10(18-9)8-13-6-7-14-11(15)12(2,3)19(14,16)17/h4-5,13H,6-8H2,1-3H3. The topological polar surface area (TPSA) is 66.5 Å². The van der Waals surface area contributed by atoms with Crippen molar-refractivity contribution in [3.63, 3.8) is 0 Å². The van der Waals surface area contributed by atoms with E-state index in [1.165, 1.54) is 23.6 Å². The van der Waals surface area contributed by atoms with Gasteiger partial charge in [-0.2, -0.15) is 0 Å². The Morgan fingerprint density at radius 1 is 1.37 bits per heavy atom. The van der Waals surface area contributed by atoms with Crippen molar-refractivity contribution in [2.75, 3.05) is 13.1 Å². The van der Waals surface area contributed by atoms with E-state index in [9.17, 15) is 13.2 Å². The van der Waals surface area contributed by atoms with E-state index in [0.717, 1.165) is 4.31 Å². The molecule has 1 aromatic heterocycles. The minimum Gasteiger partial charge on any atom is -0.310 e. The van der Waals surface area contributed by atoms with Gasteiger partial charge in [0.15, 0.2) is 4.75 Å². The highest BCUT2D eigenvalue weighted by Gasteiger charge is 2.59. The summed E-state index contributed by atoms with van der Waals surface area (Å²) >= 11 is 1.71. The molecule has 1 saturated heterocycles. The van der Waals surface area contributed by atoms with E-state index < -0.39 is 14.8 Å². The molecule has 1 amide bonds. The van der Waals surface area contributed by atoms with E-state index in [-0.39, 0.29) is 12.5 Å². The Bertz CT molecular complexity index is 590. The first-order valence-corrected chi connectivity index (χ1v) is 8.35. The van der Waals surface area contributed by atoms with Crippen molar-refractivity contribution in [3.8, 4) is 0 Å². The largest absolute Gasteiger partial charge is 0.310 e. The number of aryl methyl sites for hydroxylation is 1. The van der Waals surface area contributed by atoms with Gasteiger partial charge in [-0.25, -0.2) is 12.7 Å². The maximum Gasteiger partial charge on any atom is 0.258 e. The number of carbonyl (C=O) groups is 1. The molecule has 0 aromatic carbocycles. The summed E-state index contributed by atoms with van der Waals surface area (Å²) in [6, 6.07) is 4.09. The van der Waals surface area contributed by atoms with Gasteiger partial charge >= 0.3 is 0 Å². The molecule has 0 bridgehead atoms. The van der Waals surface area contributed by atoms with Gasteiger partial charge in [0, 0.05) is 29.4 Å². The van der Waals surface area contributed by atoms with Crippen molar-refractivity contribution < 1.29 is 13.2 Å². The molecule has 5 nitrogen and oxygen atoms in total. The summed E-state index contributed by atoms with van der Waals surface area (Å²) in [7, 11) is -3.44. The maximum atomic E-state index is 11.8. The number of hydrogen-bond acceptors (Lipinski definition) is 5. The third-order valence-corrected chi connectivity index (χ3v) is 6.66. The molecule has 1 aromatic rings. The number of thiophene rings is 1.